The smallest absolute Gasteiger partial charge is 0.167 e. The summed E-state index contributed by atoms with van der Waals surface area (Å²) in [6.07, 6.45) is 3.75. The van der Waals surface area contributed by atoms with Gasteiger partial charge in [0.15, 0.2) is 5.78 Å². The van der Waals surface area contributed by atoms with Crippen LogP contribution in [0, 0.1) is 5.41 Å². The summed E-state index contributed by atoms with van der Waals surface area (Å²) in [4.78, 5) is 22.7. The minimum atomic E-state index is -0.477. The predicted octanol–water partition coefficient (Wildman–Crippen LogP) is 5.38. The Balaban J connectivity index is 1.83. The van der Waals surface area contributed by atoms with Crippen LogP contribution in [0.3, 0.4) is 0 Å². The van der Waals surface area contributed by atoms with Gasteiger partial charge in [-0.25, -0.2) is 0 Å². The molecule has 0 radical (unpaired) electrons. The standard InChI is InChI=1S/C28H31N3O/c1-28(2)20-31(19-21-10-6-5-7-11-21)26(22-13-15-24(16-14-22)30(3)4)25(27(28)32)18-23-12-8-9-17-29-23/h5-18,26H,19-20H2,1-4H3/b25-18+. The molecule has 2 heterocycles. The topological polar surface area (TPSA) is 36.4 Å². The molecule has 1 aliphatic heterocycles. The van der Waals surface area contributed by atoms with E-state index in [0.717, 1.165) is 29.1 Å². The molecule has 1 fully saturated rings. The fourth-order valence-electron chi connectivity index (χ4n) is 4.46. The quantitative estimate of drug-likeness (QED) is 0.514. The van der Waals surface area contributed by atoms with Crippen molar-refractivity contribution in [3.8, 4) is 0 Å². The van der Waals surface area contributed by atoms with Crippen molar-refractivity contribution in [3.63, 3.8) is 0 Å². The molecule has 0 bridgehead atoms. The highest BCUT2D eigenvalue weighted by molar-refractivity contribution is 6.05. The van der Waals surface area contributed by atoms with Crippen LogP contribution < -0.4 is 4.90 Å². The minimum absolute atomic E-state index is 0.131. The van der Waals surface area contributed by atoms with Crippen LogP contribution in [0.15, 0.2) is 84.6 Å². The maximum atomic E-state index is 13.7. The molecule has 0 saturated carbocycles. The average molecular weight is 426 g/mol. The van der Waals surface area contributed by atoms with Crippen LogP contribution in [0.25, 0.3) is 6.08 Å². The first-order chi connectivity index (χ1) is 15.3. The highest BCUT2D eigenvalue weighted by Crippen LogP contribution is 2.42. The number of hydrogen-bond donors (Lipinski definition) is 0. The van der Waals surface area contributed by atoms with Gasteiger partial charge in [-0.2, -0.15) is 0 Å². The molecule has 0 spiro atoms. The van der Waals surface area contributed by atoms with Gasteiger partial charge >= 0.3 is 0 Å². The van der Waals surface area contributed by atoms with Crippen molar-refractivity contribution in [1.29, 1.82) is 0 Å². The molecule has 4 rings (SSSR count). The average Bonchev–Trinajstić information content (AvgIpc) is 2.79. The van der Waals surface area contributed by atoms with E-state index >= 15 is 0 Å². The Morgan fingerprint density at radius 3 is 2.31 bits per heavy atom. The Morgan fingerprint density at radius 2 is 1.69 bits per heavy atom. The lowest BCUT2D eigenvalue weighted by atomic mass is 9.74. The van der Waals surface area contributed by atoms with Gasteiger partial charge in [-0.3, -0.25) is 14.7 Å². The van der Waals surface area contributed by atoms with Gasteiger partial charge in [0.05, 0.1) is 11.7 Å². The Kier molecular flexibility index (Phi) is 6.24. The number of anilines is 1. The van der Waals surface area contributed by atoms with Crippen molar-refractivity contribution in [2.24, 2.45) is 5.41 Å². The third-order valence-corrected chi connectivity index (χ3v) is 6.08. The van der Waals surface area contributed by atoms with E-state index in [1.54, 1.807) is 6.20 Å². The molecule has 32 heavy (non-hydrogen) atoms. The second-order valence-corrected chi connectivity index (χ2v) is 9.35. The van der Waals surface area contributed by atoms with E-state index in [0.29, 0.717) is 6.54 Å². The van der Waals surface area contributed by atoms with Crippen LogP contribution in [0.5, 0.6) is 0 Å². The highest BCUT2D eigenvalue weighted by atomic mass is 16.1. The first-order valence-electron chi connectivity index (χ1n) is 11.1. The largest absolute Gasteiger partial charge is 0.378 e. The molecule has 4 nitrogen and oxygen atoms in total. The van der Waals surface area contributed by atoms with Gasteiger partial charge in [0.25, 0.3) is 0 Å². The van der Waals surface area contributed by atoms with Crippen LogP contribution >= 0.6 is 0 Å². The van der Waals surface area contributed by atoms with Gasteiger partial charge in [0, 0.05) is 50.1 Å². The summed E-state index contributed by atoms with van der Waals surface area (Å²) in [5.41, 5.74) is 4.63. The van der Waals surface area contributed by atoms with Gasteiger partial charge in [-0.05, 0) is 41.5 Å². The van der Waals surface area contributed by atoms with E-state index < -0.39 is 5.41 Å². The molecule has 0 amide bonds. The third kappa shape index (κ3) is 4.66. The second kappa shape index (κ2) is 9.09. The lowest BCUT2D eigenvalue weighted by Gasteiger charge is -2.44. The molecular weight excluding hydrogens is 394 g/mol. The number of hydrogen-bond acceptors (Lipinski definition) is 4. The number of Topliss-reactive ketones (excluding diaryl/α,β-unsaturated/α-hetero) is 1. The van der Waals surface area contributed by atoms with Crippen molar-refractivity contribution >= 4 is 17.5 Å². The lowest BCUT2D eigenvalue weighted by Crippen LogP contribution is -2.49. The molecule has 1 atom stereocenters. The molecule has 1 unspecified atom stereocenters. The minimum Gasteiger partial charge on any atom is -0.378 e. The fourth-order valence-corrected chi connectivity index (χ4v) is 4.46. The van der Waals surface area contributed by atoms with Crippen LogP contribution in [0.1, 0.15) is 36.7 Å². The summed E-state index contributed by atoms with van der Waals surface area (Å²) in [6, 6.07) is 24.7. The molecule has 3 aromatic rings. The number of rotatable bonds is 5. The number of likely N-dealkylation sites (tertiary alicyclic amines) is 1. The van der Waals surface area contributed by atoms with Crippen molar-refractivity contribution in [2.75, 3.05) is 25.5 Å². The zero-order valence-corrected chi connectivity index (χ0v) is 19.3. The molecule has 4 heteroatoms. The van der Waals surface area contributed by atoms with E-state index in [1.807, 2.05) is 58.3 Å². The molecular formula is C28H31N3O. The Hall–Kier alpha value is -3.24. The first-order valence-corrected chi connectivity index (χ1v) is 11.1. The van der Waals surface area contributed by atoms with E-state index in [4.69, 9.17) is 0 Å². The number of pyridine rings is 1. The molecule has 1 aliphatic rings. The summed E-state index contributed by atoms with van der Waals surface area (Å²) in [7, 11) is 4.07. The third-order valence-electron chi connectivity index (χ3n) is 6.08. The lowest BCUT2D eigenvalue weighted by molar-refractivity contribution is -0.128. The van der Waals surface area contributed by atoms with Gasteiger partial charge in [0.1, 0.15) is 0 Å². The van der Waals surface area contributed by atoms with Crippen molar-refractivity contribution in [3.05, 3.63) is 101 Å². The Morgan fingerprint density at radius 1 is 1.00 bits per heavy atom. The molecule has 1 aromatic heterocycles. The number of carbonyl (C=O) groups excluding carboxylic acids is 1. The van der Waals surface area contributed by atoms with E-state index in [1.165, 1.54) is 5.56 Å². The van der Waals surface area contributed by atoms with Gasteiger partial charge < -0.3 is 4.90 Å². The molecule has 0 N–H and O–H groups in total. The monoisotopic (exact) mass is 425 g/mol. The van der Waals surface area contributed by atoms with Gasteiger partial charge in [0.2, 0.25) is 0 Å². The Labute approximate surface area is 191 Å². The number of nitrogens with zero attached hydrogens (tertiary/aromatic N) is 3. The van der Waals surface area contributed by atoms with Crippen LogP contribution in [0.4, 0.5) is 5.69 Å². The highest BCUT2D eigenvalue weighted by Gasteiger charge is 2.43. The van der Waals surface area contributed by atoms with E-state index in [-0.39, 0.29) is 11.8 Å². The zero-order valence-electron chi connectivity index (χ0n) is 19.3. The number of carbonyl (C=O) groups is 1. The zero-order chi connectivity index (χ0) is 22.7. The normalized spacial score (nSPS) is 19.8. The number of ketones is 1. The summed E-state index contributed by atoms with van der Waals surface area (Å²) < 4.78 is 0. The summed E-state index contributed by atoms with van der Waals surface area (Å²) >= 11 is 0. The van der Waals surface area contributed by atoms with Gasteiger partial charge in [-0.1, -0.05) is 62.4 Å². The molecule has 2 aromatic carbocycles. The van der Waals surface area contributed by atoms with E-state index in [2.05, 4.69) is 63.3 Å². The summed E-state index contributed by atoms with van der Waals surface area (Å²) in [5.74, 6) is 0.189. The maximum Gasteiger partial charge on any atom is 0.167 e. The van der Waals surface area contributed by atoms with Crippen molar-refractivity contribution in [1.82, 2.24) is 9.88 Å². The number of aromatic nitrogens is 1. The van der Waals surface area contributed by atoms with Crippen LogP contribution in [-0.2, 0) is 11.3 Å². The Bertz CT molecular complexity index is 1090. The molecule has 164 valence electrons. The maximum absolute atomic E-state index is 13.7. The van der Waals surface area contributed by atoms with Crippen molar-refractivity contribution < 1.29 is 4.79 Å². The molecule has 1 saturated heterocycles. The fraction of sp³-hybridized carbons (Fsp3) is 0.286. The number of piperidine rings is 1. The van der Waals surface area contributed by atoms with Crippen LogP contribution in [0.2, 0.25) is 0 Å². The predicted molar refractivity (Wildman–Crippen MR) is 131 cm³/mol. The summed E-state index contributed by atoms with van der Waals surface area (Å²) in [6.45, 7) is 5.56. The van der Waals surface area contributed by atoms with Crippen molar-refractivity contribution in [2.45, 2.75) is 26.4 Å². The molecule has 0 aliphatic carbocycles. The van der Waals surface area contributed by atoms with Crippen LogP contribution in [-0.4, -0.2) is 36.3 Å². The summed E-state index contributed by atoms with van der Waals surface area (Å²) in [5, 5.41) is 0. The SMILES string of the molecule is CN(C)c1ccc(C2/C(=C\c3ccccn3)C(=O)C(C)(C)CN2Cc2ccccc2)cc1. The first kappa shape index (κ1) is 22.0. The van der Waals surface area contributed by atoms with E-state index in [9.17, 15) is 4.79 Å². The van der Waals surface area contributed by atoms with Gasteiger partial charge in [-0.15, -0.1) is 0 Å². The number of benzene rings is 2. The second-order valence-electron chi connectivity index (χ2n) is 9.35.